The second-order valence-electron chi connectivity index (χ2n) is 5.46. The van der Waals surface area contributed by atoms with Gasteiger partial charge in [-0.05, 0) is 24.5 Å². The van der Waals surface area contributed by atoms with Crippen LogP contribution in [0.15, 0.2) is 30.5 Å². The van der Waals surface area contributed by atoms with Crippen LogP contribution in [0, 0.1) is 0 Å². The van der Waals surface area contributed by atoms with Gasteiger partial charge in [0.25, 0.3) is 0 Å². The molecule has 0 bridgehead atoms. The third-order valence-corrected chi connectivity index (χ3v) is 4.11. The van der Waals surface area contributed by atoms with Crippen LogP contribution in [0.3, 0.4) is 0 Å². The molecule has 1 aliphatic heterocycles. The number of nitrogens with zero attached hydrogens (tertiary/aromatic N) is 1. The monoisotopic (exact) mass is 286 g/mol. The first-order valence-corrected chi connectivity index (χ1v) is 7.24. The Kier molecular flexibility index (Phi) is 3.64. The fourth-order valence-electron chi connectivity index (χ4n) is 3.00. The van der Waals surface area contributed by atoms with E-state index in [-0.39, 0.29) is 5.91 Å². The number of amides is 1. The van der Waals surface area contributed by atoms with Crippen LogP contribution in [0.25, 0.3) is 10.9 Å². The van der Waals surface area contributed by atoms with Crippen molar-refractivity contribution in [1.29, 1.82) is 0 Å². The summed E-state index contributed by atoms with van der Waals surface area (Å²) in [6.45, 7) is 0.540. The van der Waals surface area contributed by atoms with Crippen LogP contribution < -0.4 is 0 Å². The third-order valence-electron chi connectivity index (χ3n) is 4.11. The highest BCUT2D eigenvalue weighted by Gasteiger charge is 2.31. The molecule has 1 atom stereocenters. The van der Waals surface area contributed by atoms with E-state index < -0.39 is 12.0 Å². The summed E-state index contributed by atoms with van der Waals surface area (Å²) in [5, 5.41) is 10.5. The van der Waals surface area contributed by atoms with Crippen LogP contribution >= 0.6 is 0 Å². The molecular formula is C16H18N2O3. The van der Waals surface area contributed by atoms with Gasteiger partial charge in [-0.25, -0.2) is 4.79 Å². The molecule has 5 nitrogen and oxygen atoms in total. The smallest absolute Gasteiger partial charge is 0.326 e. The molecule has 1 aromatic heterocycles. The molecule has 0 radical (unpaired) electrons. The van der Waals surface area contributed by atoms with Gasteiger partial charge in [-0.1, -0.05) is 18.2 Å². The molecule has 1 aromatic carbocycles. The molecule has 110 valence electrons. The second kappa shape index (κ2) is 5.60. The summed E-state index contributed by atoms with van der Waals surface area (Å²) in [7, 11) is 0. The van der Waals surface area contributed by atoms with E-state index in [9.17, 15) is 14.7 Å². The molecule has 1 saturated heterocycles. The minimum atomic E-state index is -0.935. The number of fused-ring (bicyclic) bond motifs is 1. The number of nitrogens with one attached hydrogen (secondary N) is 1. The summed E-state index contributed by atoms with van der Waals surface area (Å²) in [5.41, 5.74) is 1.93. The number of carboxylic acids is 1. The summed E-state index contributed by atoms with van der Waals surface area (Å²) in [6.07, 6.45) is 4.37. The molecular weight excluding hydrogens is 268 g/mol. The lowest BCUT2D eigenvalue weighted by Gasteiger charge is -2.32. The maximum atomic E-state index is 12.0. The summed E-state index contributed by atoms with van der Waals surface area (Å²) in [5.74, 6) is -0.982. The molecule has 21 heavy (non-hydrogen) atoms. The lowest BCUT2D eigenvalue weighted by atomic mass is 10.0. The first-order chi connectivity index (χ1) is 10.2. The number of rotatable bonds is 4. The summed E-state index contributed by atoms with van der Waals surface area (Å²) in [6, 6.07) is 7.02. The Balaban J connectivity index is 1.88. The Morgan fingerprint density at radius 3 is 2.90 bits per heavy atom. The number of hydrogen-bond acceptors (Lipinski definition) is 2. The van der Waals surface area contributed by atoms with E-state index >= 15 is 0 Å². The molecule has 0 spiro atoms. The van der Waals surface area contributed by atoms with Crippen molar-refractivity contribution in [2.75, 3.05) is 6.54 Å². The number of carboxylic acid groups (broad SMARTS) is 1. The van der Waals surface area contributed by atoms with Crippen molar-refractivity contribution in [3.8, 4) is 0 Å². The highest BCUT2D eigenvalue weighted by molar-refractivity contribution is 5.87. The molecule has 3 rings (SSSR count). The number of carbonyl (C=O) groups is 2. The number of hydrogen-bond donors (Lipinski definition) is 2. The Labute approximate surface area is 122 Å². The van der Waals surface area contributed by atoms with Crippen LogP contribution in [0.1, 0.15) is 24.8 Å². The maximum Gasteiger partial charge on any atom is 0.326 e. The van der Waals surface area contributed by atoms with Gasteiger partial charge in [0.15, 0.2) is 0 Å². The molecule has 1 amide bonds. The SMILES string of the molecule is O=C(O)C(Cc1c[nH]c2ccccc12)N1CCCCC1=O. The highest BCUT2D eigenvalue weighted by Crippen LogP contribution is 2.22. The van der Waals surface area contributed by atoms with Gasteiger partial charge in [0.1, 0.15) is 6.04 Å². The molecule has 1 aliphatic rings. The Morgan fingerprint density at radius 2 is 2.14 bits per heavy atom. The Morgan fingerprint density at radius 1 is 1.33 bits per heavy atom. The average molecular weight is 286 g/mol. The zero-order valence-electron chi connectivity index (χ0n) is 11.7. The van der Waals surface area contributed by atoms with Gasteiger partial charge in [0.05, 0.1) is 0 Å². The summed E-state index contributed by atoms with van der Waals surface area (Å²) >= 11 is 0. The van der Waals surface area contributed by atoms with E-state index in [1.807, 2.05) is 30.5 Å². The zero-order valence-corrected chi connectivity index (χ0v) is 11.7. The molecule has 0 saturated carbocycles. The van der Waals surface area contributed by atoms with Crippen LogP contribution in [0.2, 0.25) is 0 Å². The van der Waals surface area contributed by atoms with Crippen LogP contribution in [0.5, 0.6) is 0 Å². The van der Waals surface area contributed by atoms with E-state index in [0.29, 0.717) is 19.4 Å². The van der Waals surface area contributed by atoms with Gasteiger partial charge in [-0.3, -0.25) is 4.79 Å². The standard InChI is InChI=1S/C16H18N2O3/c19-15-7-3-4-8-18(15)14(16(20)21)9-11-10-17-13-6-2-1-5-12(11)13/h1-2,5-6,10,14,17H,3-4,7-9H2,(H,20,21). The summed E-state index contributed by atoms with van der Waals surface area (Å²) in [4.78, 5) is 28.3. The molecule has 1 unspecified atom stereocenters. The number of H-pyrrole nitrogens is 1. The molecule has 2 aromatic rings. The normalized spacial score (nSPS) is 17.1. The number of aliphatic carboxylic acids is 1. The lowest BCUT2D eigenvalue weighted by molar-refractivity contribution is -0.151. The van der Waals surface area contributed by atoms with Crippen LogP contribution in [-0.2, 0) is 16.0 Å². The van der Waals surface area contributed by atoms with E-state index in [2.05, 4.69) is 4.98 Å². The first kappa shape index (κ1) is 13.7. The first-order valence-electron chi connectivity index (χ1n) is 7.24. The number of likely N-dealkylation sites (tertiary alicyclic amines) is 1. The van der Waals surface area contributed by atoms with Crippen molar-refractivity contribution in [2.45, 2.75) is 31.7 Å². The van der Waals surface area contributed by atoms with Crippen molar-refractivity contribution in [1.82, 2.24) is 9.88 Å². The van der Waals surface area contributed by atoms with Gasteiger partial charge in [0, 0.05) is 36.5 Å². The second-order valence-corrected chi connectivity index (χ2v) is 5.46. The minimum absolute atomic E-state index is 0.0477. The van der Waals surface area contributed by atoms with Gasteiger partial charge in [-0.2, -0.15) is 0 Å². The van der Waals surface area contributed by atoms with Crippen molar-refractivity contribution < 1.29 is 14.7 Å². The third kappa shape index (κ3) is 2.63. The maximum absolute atomic E-state index is 12.0. The Bertz CT molecular complexity index is 677. The van der Waals surface area contributed by atoms with Crippen molar-refractivity contribution in [2.24, 2.45) is 0 Å². The van der Waals surface area contributed by atoms with E-state index in [0.717, 1.165) is 29.3 Å². The van der Waals surface area contributed by atoms with E-state index in [1.54, 1.807) is 0 Å². The zero-order chi connectivity index (χ0) is 14.8. The topological polar surface area (TPSA) is 73.4 Å². The van der Waals surface area contributed by atoms with Gasteiger partial charge >= 0.3 is 5.97 Å². The lowest BCUT2D eigenvalue weighted by Crippen LogP contribution is -2.48. The predicted molar refractivity (Wildman–Crippen MR) is 79.0 cm³/mol. The number of piperidine rings is 1. The fraction of sp³-hybridized carbons (Fsp3) is 0.375. The molecule has 1 fully saturated rings. The Hall–Kier alpha value is -2.30. The van der Waals surface area contributed by atoms with Gasteiger partial charge in [0.2, 0.25) is 5.91 Å². The molecule has 0 aliphatic carbocycles. The van der Waals surface area contributed by atoms with E-state index in [4.69, 9.17) is 0 Å². The highest BCUT2D eigenvalue weighted by atomic mass is 16.4. The molecule has 5 heteroatoms. The quantitative estimate of drug-likeness (QED) is 0.904. The van der Waals surface area contributed by atoms with Crippen molar-refractivity contribution >= 4 is 22.8 Å². The van der Waals surface area contributed by atoms with E-state index in [1.165, 1.54) is 4.90 Å². The van der Waals surface area contributed by atoms with Crippen LogP contribution in [-0.4, -0.2) is 39.5 Å². The molecule has 2 N–H and O–H groups in total. The average Bonchev–Trinajstić information content (AvgIpc) is 2.89. The molecule has 2 heterocycles. The number of benzene rings is 1. The van der Waals surface area contributed by atoms with Crippen LogP contribution in [0.4, 0.5) is 0 Å². The predicted octanol–water partition coefficient (Wildman–Crippen LogP) is 2.18. The van der Waals surface area contributed by atoms with Gasteiger partial charge < -0.3 is 15.0 Å². The number of carbonyl (C=O) groups excluding carboxylic acids is 1. The fourth-order valence-corrected chi connectivity index (χ4v) is 3.00. The number of aromatic nitrogens is 1. The largest absolute Gasteiger partial charge is 0.480 e. The van der Waals surface area contributed by atoms with Gasteiger partial charge in [-0.15, -0.1) is 0 Å². The minimum Gasteiger partial charge on any atom is -0.480 e. The summed E-state index contributed by atoms with van der Waals surface area (Å²) < 4.78 is 0. The van der Waals surface area contributed by atoms with Crippen molar-refractivity contribution in [3.05, 3.63) is 36.0 Å². The number of aromatic amines is 1. The van der Waals surface area contributed by atoms with Crippen molar-refractivity contribution in [3.63, 3.8) is 0 Å². The number of para-hydroxylation sites is 1.